The van der Waals surface area contributed by atoms with Gasteiger partial charge in [-0.05, 0) is 53.9 Å². The van der Waals surface area contributed by atoms with Crippen molar-refractivity contribution in [2.24, 2.45) is 0 Å². The van der Waals surface area contributed by atoms with Gasteiger partial charge in [0, 0.05) is 34.4 Å². The molecule has 0 saturated carbocycles. The van der Waals surface area contributed by atoms with Gasteiger partial charge in [0.25, 0.3) is 5.91 Å². The van der Waals surface area contributed by atoms with Crippen molar-refractivity contribution >= 4 is 22.5 Å². The number of H-pyrrole nitrogens is 1. The highest BCUT2D eigenvalue weighted by Crippen LogP contribution is 2.33. The molecule has 0 bridgehead atoms. The van der Waals surface area contributed by atoms with Crippen molar-refractivity contribution in [3.05, 3.63) is 101 Å². The van der Waals surface area contributed by atoms with E-state index in [2.05, 4.69) is 33.8 Å². The molecule has 0 radical (unpaired) electrons. The molecule has 2 heterocycles. The SMILES string of the molecule is O=C(Nc1ccc(C2NCCc3c2[nH]c2ccccc32)cc1)c1cccc(F)c1. The summed E-state index contributed by atoms with van der Waals surface area (Å²) in [6.07, 6.45) is 0.998. The van der Waals surface area contributed by atoms with Crippen LogP contribution in [0.3, 0.4) is 0 Å². The maximum absolute atomic E-state index is 13.3. The topological polar surface area (TPSA) is 56.9 Å². The summed E-state index contributed by atoms with van der Waals surface area (Å²) in [5.74, 6) is -0.753. The fourth-order valence-electron chi connectivity index (χ4n) is 4.06. The second kappa shape index (κ2) is 7.18. The molecule has 5 heteroatoms. The smallest absolute Gasteiger partial charge is 0.255 e. The third-order valence-corrected chi connectivity index (χ3v) is 5.45. The first-order valence-corrected chi connectivity index (χ1v) is 9.69. The van der Waals surface area contributed by atoms with Crippen molar-refractivity contribution in [2.75, 3.05) is 11.9 Å². The molecule has 1 aromatic heterocycles. The predicted molar refractivity (Wildman–Crippen MR) is 113 cm³/mol. The van der Waals surface area contributed by atoms with Crippen LogP contribution in [-0.2, 0) is 6.42 Å². The van der Waals surface area contributed by atoms with Gasteiger partial charge >= 0.3 is 0 Å². The van der Waals surface area contributed by atoms with Crippen LogP contribution in [0.5, 0.6) is 0 Å². The van der Waals surface area contributed by atoms with E-state index in [0.29, 0.717) is 11.3 Å². The molecular weight excluding hydrogens is 365 g/mol. The van der Waals surface area contributed by atoms with E-state index in [0.717, 1.165) is 24.0 Å². The van der Waals surface area contributed by atoms with Gasteiger partial charge in [-0.2, -0.15) is 0 Å². The molecule has 4 nitrogen and oxygen atoms in total. The van der Waals surface area contributed by atoms with E-state index in [4.69, 9.17) is 0 Å². The first-order valence-electron chi connectivity index (χ1n) is 9.69. The quantitative estimate of drug-likeness (QED) is 0.475. The van der Waals surface area contributed by atoms with Crippen LogP contribution in [0.25, 0.3) is 10.9 Å². The number of halogens is 1. The van der Waals surface area contributed by atoms with Crippen molar-refractivity contribution < 1.29 is 9.18 Å². The number of para-hydroxylation sites is 1. The van der Waals surface area contributed by atoms with Gasteiger partial charge in [0.05, 0.1) is 6.04 Å². The normalized spacial score (nSPS) is 15.8. The largest absolute Gasteiger partial charge is 0.357 e. The fraction of sp³-hybridized carbons (Fsp3) is 0.125. The highest BCUT2D eigenvalue weighted by atomic mass is 19.1. The Hall–Kier alpha value is -3.44. The van der Waals surface area contributed by atoms with Gasteiger partial charge in [-0.1, -0.05) is 36.4 Å². The standard InChI is InChI=1S/C24H20FN3O/c25-17-5-3-4-16(14-17)24(29)27-18-10-8-15(9-11-18)22-23-20(12-13-26-22)19-6-1-2-7-21(19)28-23/h1-11,14,22,26,28H,12-13H2,(H,27,29). The summed E-state index contributed by atoms with van der Waals surface area (Å²) in [5, 5.41) is 7.69. The number of carbonyl (C=O) groups excluding carboxylic acids is 1. The van der Waals surface area contributed by atoms with E-state index in [-0.39, 0.29) is 11.9 Å². The fourth-order valence-corrected chi connectivity index (χ4v) is 4.06. The van der Waals surface area contributed by atoms with Crippen LogP contribution in [0.15, 0.2) is 72.8 Å². The Morgan fingerprint density at radius 2 is 1.83 bits per heavy atom. The number of nitrogens with one attached hydrogen (secondary N) is 3. The monoisotopic (exact) mass is 385 g/mol. The van der Waals surface area contributed by atoms with Crippen LogP contribution in [-0.4, -0.2) is 17.4 Å². The van der Waals surface area contributed by atoms with Crippen molar-refractivity contribution in [3.63, 3.8) is 0 Å². The molecule has 29 heavy (non-hydrogen) atoms. The van der Waals surface area contributed by atoms with Crippen LogP contribution in [0.4, 0.5) is 10.1 Å². The number of carbonyl (C=O) groups is 1. The number of rotatable bonds is 3. The number of hydrogen-bond donors (Lipinski definition) is 3. The van der Waals surface area contributed by atoms with Gasteiger partial charge in [-0.15, -0.1) is 0 Å². The van der Waals surface area contributed by atoms with Crippen LogP contribution in [0.2, 0.25) is 0 Å². The third-order valence-electron chi connectivity index (χ3n) is 5.45. The van der Waals surface area contributed by atoms with Gasteiger partial charge in [0.2, 0.25) is 0 Å². The van der Waals surface area contributed by atoms with Gasteiger partial charge in [0.1, 0.15) is 5.82 Å². The zero-order valence-corrected chi connectivity index (χ0v) is 15.7. The van der Waals surface area contributed by atoms with Crippen molar-refractivity contribution in [3.8, 4) is 0 Å². The van der Waals surface area contributed by atoms with Crippen LogP contribution < -0.4 is 10.6 Å². The maximum Gasteiger partial charge on any atom is 0.255 e. The van der Waals surface area contributed by atoms with E-state index in [1.807, 2.05) is 30.3 Å². The Bertz CT molecular complexity index is 1200. The Kier molecular flexibility index (Phi) is 4.37. The zero-order chi connectivity index (χ0) is 19.8. The molecule has 1 atom stereocenters. The highest BCUT2D eigenvalue weighted by molar-refractivity contribution is 6.04. The van der Waals surface area contributed by atoms with Gasteiger partial charge in [-0.3, -0.25) is 4.79 Å². The van der Waals surface area contributed by atoms with Crippen LogP contribution in [0, 0.1) is 5.82 Å². The minimum atomic E-state index is -0.425. The molecule has 1 aliphatic rings. The van der Waals surface area contributed by atoms with Crippen molar-refractivity contribution in [1.82, 2.24) is 10.3 Å². The Labute approximate surface area is 167 Å². The van der Waals surface area contributed by atoms with Crippen molar-refractivity contribution in [1.29, 1.82) is 0 Å². The van der Waals surface area contributed by atoms with Gasteiger partial charge < -0.3 is 15.6 Å². The number of fused-ring (bicyclic) bond motifs is 3. The minimum absolute atomic E-state index is 0.0825. The molecule has 4 aromatic rings. The van der Waals surface area contributed by atoms with Crippen molar-refractivity contribution in [2.45, 2.75) is 12.5 Å². The molecule has 0 spiro atoms. The first kappa shape index (κ1) is 17.6. The molecular formula is C24H20FN3O. The molecule has 3 aromatic carbocycles. The lowest BCUT2D eigenvalue weighted by Crippen LogP contribution is -2.30. The minimum Gasteiger partial charge on any atom is -0.357 e. The van der Waals surface area contributed by atoms with E-state index < -0.39 is 5.82 Å². The summed E-state index contributed by atoms with van der Waals surface area (Å²) in [6, 6.07) is 21.9. The predicted octanol–water partition coefficient (Wildman–Crippen LogP) is 4.79. The summed E-state index contributed by atoms with van der Waals surface area (Å²) in [5.41, 5.74) is 5.83. The summed E-state index contributed by atoms with van der Waals surface area (Å²) in [4.78, 5) is 15.9. The molecule has 0 aliphatic carbocycles. The lowest BCUT2D eigenvalue weighted by atomic mass is 9.94. The molecule has 1 unspecified atom stereocenters. The number of aromatic amines is 1. The Balaban J connectivity index is 1.39. The average molecular weight is 385 g/mol. The first-order chi connectivity index (χ1) is 14.2. The zero-order valence-electron chi connectivity index (χ0n) is 15.7. The number of hydrogen-bond acceptors (Lipinski definition) is 2. The molecule has 144 valence electrons. The maximum atomic E-state index is 13.3. The molecule has 1 amide bonds. The molecule has 0 fully saturated rings. The van der Waals surface area contributed by atoms with Gasteiger partial charge in [0.15, 0.2) is 0 Å². The van der Waals surface area contributed by atoms with E-state index >= 15 is 0 Å². The molecule has 5 rings (SSSR count). The highest BCUT2D eigenvalue weighted by Gasteiger charge is 2.25. The average Bonchev–Trinajstić information content (AvgIpc) is 3.13. The molecule has 3 N–H and O–H groups in total. The summed E-state index contributed by atoms with van der Waals surface area (Å²) >= 11 is 0. The van der Waals surface area contributed by atoms with E-state index in [1.165, 1.54) is 34.8 Å². The Morgan fingerprint density at radius 1 is 1.00 bits per heavy atom. The van der Waals surface area contributed by atoms with Crippen LogP contribution in [0.1, 0.15) is 33.2 Å². The summed E-state index contributed by atoms with van der Waals surface area (Å²) in [6.45, 7) is 0.914. The lowest BCUT2D eigenvalue weighted by molar-refractivity contribution is 0.102. The van der Waals surface area contributed by atoms with Gasteiger partial charge in [-0.25, -0.2) is 4.39 Å². The summed E-state index contributed by atoms with van der Waals surface area (Å²) in [7, 11) is 0. The lowest BCUT2D eigenvalue weighted by Gasteiger charge is -2.25. The molecule has 1 aliphatic heterocycles. The second-order valence-electron chi connectivity index (χ2n) is 7.29. The number of benzene rings is 3. The number of anilines is 1. The molecule has 0 saturated heterocycles. The van der Waals surface area contributed by atoms with Crippen LogP contribution >= 0.6 is 0 Å². The van der Waals surface area contributed by atoms with E-state index in [9.17, 15) is 9.18 Å². The van der Waals surface area contributed by atoms with E-state index in [1.54, 1.807) is 6.07 Å². The third kappa shape index (κ3) is 3.30. The number of aromatic nitrogens is 1. The Morgan fingerprint density at radius 3 is 2.66 bits per heavy atom. The summed E-state index contributed by atoms with van der Waals surface area (Å²) < 4.78 is 13.3. The second-order valence-corrected chi connectivity index (χ2v) is 7.29. The number of amides is 1.